The first-order valence-corrected chi connectivity index (χ1v) is 20.2. The third-order valence-electron chi connectivity index (χ3n) is 15.1. The molecule has 0 aromatic carbocycles. The first-order valence-electron chi connectivity index (χ1n) is 20.2. The van der Waals surface area contributed by atoms with Crippen LogP contribution >= 0.6 is 0 Å². The lowest BCUT2D eigenvalue weighted by molar-refractivity contribution is -0.0355. The number of nitrogens with one attached hydrogen (secondary N) is 1. The number of rotatable bonds is 7. The minimum atomic E-state index is 0.430. The second kappa shape index (κ2) is 14.1. The van der Waals surface area contributed by atoms with Crippen molar-refractivity contribution in [2.75, 3.05) is 0 Å². The van der Waals surface area contributed by atoms with Crippen molar-refractivity contribution in [3.05, 3.63) is 29.6 Å². The molecule has 1 heterocycles. The molecule has 6 aliphatic carbocycles. The molecule has 11 atom stereocenters. The monoisotopic (exact) mass is 601 g/mol. The summed E-state index contributed by atoms with van der Waals surface area (Å²) in [6.45, 7) is 10.1. The van der Waals surface area contributed by atoms with Crippen molar-refractivity contribution in [3.63, 3.8) is 0 Å². The summed E-state index contributed by atoms with van der Waals surface area (Å²) in [5.41, 5.74) is 2.92. The van der Waals surface area contributed by atoms with Crippen LogP contribution in [0.15, 0.2) is 18.2 Å². The molecule has 0 radical (unpaired) electrons. The quantitative estimate of drug-likeness (QED) is 0.337. The van der Waals surface area contributed by atoms with E-state index < -0.39 is 0 Å². The summed E-state index contributed by atoms with van der Waals surface area (Å²) in [5.74, 6) is 10.3. The van der Waals surface area contributed by atoms with Crippen molar-refractivity contribution in [1.29, 1.82) is 0 Å². The number of nitrogens with zero attached hydrogens (tertiary/aromatic N) is 1. The number of hydrogen-bond donors (Lipinski definition) is 1. The fraction of sp³-hybridized carbons (Fsp3) is 0.881. The van der Waals surface area contributed by atoms with Crippen LogP contribution in [-0.4, -0.2) is 11.0 Å². The van der Waals surface area contributed by atoms with Crippen LogP contribution < -0.4 is 5.32 Å². The van der Waals surface area contributed by atoms with E-state index in [-0.39, 0.29) is 0 Å². The average molecular weight is 601 g/mol. The van der Waals surface area contributed by atoms with Gasteiger partial charge in [0, 0.05) is 17.7 Å². The predicted octanol–water partition coefficient (Wildman–Crippen LogP) is 11.5. The van der Waals surface area contributed by atoms with E-state index in [0.717, 1.165) is 65.1 Å². The molecule has 0 spiro atoms. The lowest BCUT2D eigenvalue weighted by atomic mass is 9.53. The van der Waals surface area contributed by atoms with Gasteiger partial charge < -0.3 is 5.32 Å². The molecule has 1 aromatic heterocycles. The molecule has 11 unspecified atom stereocenters. The summed E-state index contributed by atoms with van der Waals surface area (Å²) in [6, 6.07) is 8.45. The molecule has 44 heavy (non-hydrogen) atoms. The van der Waals surface area contributed by atoms with Gasteiger partial charge in [0.25, 0.3) is 0 Å². The van der Waals surface area contributed by atoms with E-state index >= 15 is 0 Å². The van der Waals surface area contributed by atoms with E-state index in [4.69, 9.17) is 4.98 Å². The van der Waals surface area contributed by atoms with Gasteiger partial charge in [-0.2, -0.15) is 0 Å². The molecule has 0 amide bonds. The Balaban J connectivity index is 1.26. The molecule has 6 saturated carbocycles. The van der Waals surface area contributed by atoms with Crippen LogP contribution in [0.3, 0.4) is 0 Å². The molecule has 2 heteroatoms. The largest absolute Gasteiger partial charge is 0.305 e. The summed E-state index contributed by atoms with van der Waals surface area (Å²) < 4.78 is 0. The van der Waals surface area contributed by atoms with Gasteiger partial charge in [0.2, 0.25) is 0 Å². The summed E-state index contributed by atoms with van der Waals surface area (Å²) in [5, 5.41) is 4.66. The Hall–Kier alpha value is -0.890. The van der Waals surface area contributed by atoms with E-state index in [1.165, 1.54) is 133 Å². The second-order valence-electron chi connectivity index (χ2n) is 17.9. The normalized spacial score (nSPS) is 41.9. The summed E-state index contributed by atoms with van der Waals surface area (Å²) in [4.78, 5) is 5.85. The van der Waals surface area contributed by atoms with Crippen molar-refractivity contribution in [3.8, 4) is 0 Å². The van der Waals surface area contributed by atoms with Gasteiger partial charge in [0.15, 0.2) is 0 Å². The van der Waals surface area contributed by atoms with E-state index in [1.54, 1.807) is 0 Å². The number of fused-ring (bicyclic) bond motifs is 4. The molecule has 6 fully saturated rings. The fourth-order valence-corrected chi connectivity index (χ4v) is 13.1. The third-order valence-corrected chi connectivity index (χ3v) is 15.1. The zero-order valence-electron chi connectivity index (χ0n) is 29.2. The lowest BCUT2D eigenvalue weighted by Gasteiger charge is -2.54. The molecule has 1 aromatic rings. The van der Waals surface area contributed by atoms with E-state index in [2.05, 4.69) is 51.2 Å². The molecule has 0 saturated heterocycles. The second-order valence-corrected chi connectivity index (χ2v) is 17.9. The summed E-state index contributed by atoms with van der Waals surface area (Å²) >= 11 is 0. The van der Waals surface area contributed by atoms with Gasteiger partial charge >= 0.3 is 0 Å². The molecule has 0 bridgehead atoms. The Kier molecular flexibility index (Phi) is 10.1. The van der Waals surface area contributed by atoms with Crippen LogP contribution in [0.2, 0.25) is 0 Å². The van der Waals surface area contributed by atoms with Crippen LogP contribution in [-0.2, 0) is 0 Å². The maximum Gasteiger partial charge on any atom is 0.0579 e. The van der Waals surface area contributed by atoms with E-state index in [9.17, 15) is 0 Å². The first-order chi connectivity index (χ1) is 21.5. The van der Waals surface area contributed by atoms with Crippen LogP contribution in [0.5, 0.6) is 0 Å². The SMILES string of the molecule is CC(C)C1CCCC(C(C)C)C1NC(c1cccc(C2CCCC3CCCCC32)n1)C1CC2CCCCC2C2CCCCC12. The molecule has 246 valence electrons. The third kappa shape index (κ3) is 6.34. The Labute approximate surface area is 272 Å². The fourth-order valence-electron chi connectivity index (χ4n) is 13.1. The highest BCUT2D eigenvalue weighted by Gasteiger charge is 2.50. The van der Waals surface area contributed by atoms with Crippen molar-refractivity contribution in [1.82, 2.24) is 10.3 Å². The number of hydrogen-bond acceptors (Lipinski definition) is 2. The highest BCUT2D eigenvalue weighted by Crippen LogP contribution is 2.57. The van der Waals surface area contributed by atoms with Crippen LogP contribution in [0.4, 0.5) is 0 Å². The summed E-state index contributed by atoms with van der Waals surface area (Å²) in [6.07, 6.45) is 27.8. The van der Waals surface area contributed by atoms with Gasteiger partial charge in [0.1, 0.15) is 0 Å². The molecular formula is C42H68N2. The maximum atomic E-state index is 5.85. The Bertz CT molecular complexity index is 1040. The van der Waals surface area contributed by atoms with Crippen LogP contribution in [0.25, 0.3) is 0 Å². The highest BCUT2D eigenvalue weighted by molar-refractivity contribution is 5.21. The molecule has 2 nitrogen and oxygen atoms in total. The zero-order chi connectivity index (χ0) is 30.2. The van der Waals surface area contributed by atoms with Crippen LogP contribution in [0, 0.1) is 65.1 Å². The van der Waals surface area contributed by atoms with Crippen LogP contribution in [0.1, 0.15) is 173 Å². The van der Waals surface area contributed by atoms with E-state index in [1.807, 2.05) is 0 Å². The van der Waals surface area contributed by atoms with Crippen molar-refractivity contribution in [2.24, 2.45) is 65.1 Å². The van der Waals surface area contributed by atoms with Gasteiger partial charge in [-0.05, 0) is 129 Å². The minimum absolute atomic E-state index is 0.430. The van der Waals surface area contributed by atoms with Gasteiger partial charge in [0.05, 0.1) is 11.7 Å². The van der Waals surface area contributed by atoms with Crippen molar-refractivity contribution in [2.45, 2.75) is 168 Å². The van der Waals surface area contributed by atoms with Crippen molar-refractivity contribution >= 4 is 0 Å². The topological polar surface area (TPSA) is 24.9 Å². The predicted molar refractivity (Wildman–Crippen MR) is 185 cm³/mol. The van der Waals surface area contributed by atoms with Gasteiger partial charge in [-0.1, -0.05) is 104 Å². The summed E-state index contributed by atoms with van der Waals surface area (Å²) in [7, 11) is 0. The van der Waals surface area contributed by atoms with Gasteiger partial charge in [-0.3, -0.25) is 4.98 Å². The average Bonchev–Trinajstić information content (AvgIpc) is 3.06. The Morgan fingerprint density at radius 1 is 0.568 bits per heavy atom. The van der Waals surface area contributed by atoms with Crippen molar-refractivity contribution < 1.29 is 0 Å². The lowest BCUT2D eigenvalue weighted by Crippen LogP contribution is -2.54. The highest BCUT2D eigenvalue weighted by atomic mass is 15.0. The number of aromatic nitrogens is 1. The first kappa shape index (κ1) is 31.7. The molecular weight excluding hydrogens is 532 g/mol. The molecule has 6 aliphatic rings. The molecule has 7 rings (SSSR count). The molecule has 1 N–H and O–H groups in total. The minimum Gasteiger partial charge on any atom is -0.305 e. The Morgan fingerprint density at radius 2 is 1.16 bits per heavy atom. The Morgan fingerprint density at radius 3 is 1.89 bits per heavy atom. The smallest absolute Gasteiger partial charge is 0.0579 e. The molecule has 0 aliphatic heterocycles. The zero-order valence-corrected chi connectivity index (χ0v) is 29.2. The maximum absolute atomic E-state index is 5.85. The standard InChI is InChI=1S/C42H68N2/c1-27(2)31-21-12-22-32(28(3)4)41(31)44-42(38-26-30-15-6-8-18-34(30)35-19-9-10-20-36(35)38)40-25-13-24-39(43-40)37-23-11-16-29-14-5-7-17-33(29)37/h13,24-25,27-38,41-42,44H,5-12,14-23,26H2,1-4H3. The van der Waals surface area contributed by atoms with Gasteiger partial charge in [-0.25, -0.2) is 0 Å². The van der Waals surface area contributed by atoms with E-state index in [0.29, 0.717) is 18.0 Å². The van der Waals surface area contributed by atoms with Gasteiger partial charge in [-0.15, -0.1) is 0 Å². The number of pyridine rings is 1.